The van der Waals surface area contributed by atoms with Gasteiger partial charge in [-0.05, 0) is 42.9 Å². The van der Waals surface area contributed by atoms with Crippen molar-refractivity contribution in [1.29, 1.82) is 0 Å². The number of hydrogen-bond donors (Lipinski definition) is 1. The zero-order valence-corrected chi connectivity index (χ0v) is 12.0. The normalized spacial score (nSPS) is 11.6. The van der Waals surface area contributed by atoms with Crippen molar-refractivity contribution in [3.8, 4) is 0 Å². The van der Waals surface area contributed by atoms with E-state index in [9.17, 15) is 0 Å². The molecule has 17 heavy (non-hydrogen) atoms. The van der Waals surface area contributed by atoms with E-state index in [1.54, 1.807) is 0 Å². The fourth-order valence-corrected chi connectivity index (χ4v) is 1.71. The van der Waals surface area contributed by atoms with Crippen LogP contribution in [0.2, 0.25) is 0 Å². The molecule has 0 fully saturated rings. The van der Waals surface area contributed by atoms with E-state index >= 15 is 0 Å². The van der Waals surface area contributed by atoms with Gasteiger partial charge in [-0.2, -0.15) is 0 Å². The molecule has 0 aromatic heterocycles. The minimum absolute atomic E-state index is 0.644. The highest BCUT2D eigenvalue weighted by atomic mass is 14.5. The van der Waals surface area contributed by atoms with Gasteiger partial charge in [0.1, 0.15) is 0 Å². The second-order valence-corrected chi connectivity index (χ2v) is 4.64. The molecule has 0 saturated heterocycles. The van der Waals surface area contributed by atoms with Gasteiger partial charge >= 0.3 is 0 Å². The molecule has 1 unspecified atom stereocenters. The highest BCUT2D eigenvalue weighted by Crippen LogP contribution is 2.21. The summed E-state index contributed by atoms with van der Waals surface area (Å²) in [5.74, 6) is 0.644. The van der Waals surface area contributed by atoms with Gasteiger partial charge < -0.3 is 5.73 Å². The number of benzene rings is 1. The minimum Gasteiger partial charge on any atom is -0.330 e. The Kier molecular flexibility index (Phi) is 9.84. The van der Waals surface area contributed by atoms with Crippen LogP contribution < -0.4 is 5.73 Å². The average molecular weight is 235 g/mol. The van der Waals surface area contributed by atoms with Crippen LogP contribution in [0, 0.1) is 0 Å². The third kappa shape index (κ3) is 7.17. The van der Waals surface area contributed by atoms with Crippen molar-refractivity contribution >= 4 is 0 Å². The van der Waals surface area contributed by atoms with Crippen LogP contribution in [-0.2, 0) is 6.42 Å². The summed E-state index contributed by atoms with van der Waals surface area (Å²) in [6, 6.07) is 8.90. The maximum Gasteiger partial charge on any atom is -0.00771 e. The summed E-state index contributed by atoms with van der Waals surface area (Å²) in [7, 11) is 0. The van der Waals surface area contributed by atoms with Crippen molar-refractivity contribution in [2.75, 3.05) is 6.54 Å². The molecule has 0 saturated carbocycles. The van der Waals surface area contributed by atoms with Crippen molar-refractivity contribution in [2.24, 2.45) is 5.73 Å². The number of aryl methyl sites for hydroxylation is 1. The summed E-state index contributed by atoms with van der Waals surface area (Å²) in [6.07, 6.45) is 4.69. The lowest BCUT2D eigenvalue weighted by Gasteiger charge is -2.12. The highest BCUT2D eigenvalue weighted by molar-refractivity contribution is 5.25. The van der Waals surface area contributed by atoms with Crippen LogP contribution in [0.1, 0.15) is 64.0 Å². The number of hydrogen-bond acceptors (Lipinski definition) is 1. The topological polar surface area (TPSA) is 26.0 Å². The Morgan fingerprint density at radius 1 is 1.18 bits per heavy atom. The van der Waals surface area contributed by atoms with E-state index in [2.05, 4.69) is 52.0 Å². The van der Waals surface area contributed by atoms with Crippen LogP contribution in [0.15, 0.2) is 24.3 Å². The summed E-state index contributed by atoms with van der Waals surface area (Å²) in [5, 5.41) is 0. The van der Waals surface area contributed by atoms with Crippen molar-refractivity contribution < 1.29 is 0 Å². The molecule has 0 aliphatic carbocycles. The Hall–Kier alpha value is -0.820. The van der Waals surface area contributed by atoms with Gasteiger partial charge in [0.2, 0.25) is 0 Å². The van der Waals surface area contributed by atoms with Gasteiger partial charge in [0.05, 0.1) is 0 Å². The quantitative estimate of drug-likeness (QED) is 0.798. The standard InChI is InChI=1S/C13H21N.C3H8/c1-3-12-7-4-8-13(10-12)11(2)6-5-9-14;1-3-2/h4,7-8,10-11H,3,5-6,9,14H2,1-2H3;3H2,1-2H3. The highest BCUT2D eigenvalue weighted by Gasteiger charge is 2.04. The molecular formula is C16H29N. The lowest BCUT2D eigenvalue weighted by molar-refractivity contribution is 0.640. The van der Waals surface area contributed by atoms with E-state index in [0.717, 1.165) is 19.4 Å². The molecule has 0 radical (unpaired) electrons. The lowest BCUT2D eigenvalue weighted by atomic mass is 9.94. The first-order chi connectivity index (χ1) is 8.19. The van der Waals surface area contributed by atoms with E-state index in [1.165, 1.54) is 24.0 Å². The molecule has 0 bridgehead atoms. The van der Waals surface area contributed by atoms with Crippen molar-refractivity contribution in [3.05, 3.63) is 35.4 Å². The van der Waals surface area contributed by atoms with Gasteiger partial charge in [-0.15, -0.1) is 0 Å². The average Bonchev–Trinajstić information content (AvgIpc) is 2.37. The summed E-state index contributed by atoms with van der Waals surface area (Å²) in [4.78, 5) is 0. The molecule has 1 atom stereocenters. The van der Waals surface area contributed by atoms with Crippen molar-refractivity contribution in [1.82, 2.24) is 0 Å². The van der Waals surface area contributed by atoms with Gasteiger partial charge in [-0.1, -0.05) is 58.4 Å². The first-order valence-corrected chi connectivity index (χ1v) is 6.98. The maximum atomic E-state index is 5.51. The number of rotatable bonds is 5. The van der Waals surface area contributed by atoms with Crippen molar-refractivity contribution in [2.45, 2.75) is 59.3 Å². The van der Waals surface area contributed by atoms with Crippen LogP contribution >= 0.6 is 0 Å². The van der Waals surface area contributed by atoms with Gasteiger partial charge in [-0.25, -0.2) is 0 Å². The predicted molar refractivity (Wildman–Crippen MR) is 78.5 cm³/mol. The Morgan fingerprint density at radius 2 is 1.82 bits per heavy atom. The van der Waals surface area contributed by atoms with Crippen LogP contribution in [0.4, 0.5) is 0 Å². The van der Waals surface area contributed by atoms with E-state index in [-0.39, 0.29) is 0 Å². The Balaban J connectivity index is 0.000000770. The monoisotopic (exact) mass is 235 g/mol. The Bertz CT molecular complexity index is 281. The Morgan fingerprint density at radius 3 is 2.35 bits per heavy atom. The molecule has 1 aromatic rings. The largest absolute Gasteiger partial charge is 0.330 e. The first-order valence-electron chi connectivity index (χ1n) is 6.98. The van der Waals surface area contributed by atoms with Gasteiger partial charge in [-0.3, -0.25) is 0 Å². The molecule has 0 aliphatic heterocycles. The zero-order valence-electron chi connectivity index (χ0n) is 12.0. The van der Waals surface area contributed by atoms with E-state index in [4.69, 9.17) is 5.73 Å². The SMILES string of the molecule is CCC.CCc1cccc(C(C)CCCN)c1. The van der Waals surface area contributed by atoms with Gasteiger partial charge in [0, 0.05) is 0 Å². The van der Waals surface area contributed by atoms with Crippen molar-refractivity contribution in [3.63, 3.8) is 0 Å². The molecule has 0 aliphatic rings. The van der Waals surface area contributed by atoms with E-state index < -0.39 is 0 Å². The summed E-state index contributed by atoms with van der Waals surface area (Å²) in [5.41, 5.74) is 8.40. The predicted octanol–water partition coefficient (Wildman–Crippen LogP) is 4.51. The maximum absolute atomic E-state index is 5.51. The van der Waals surface area contributed by atoms with E-state index in [1.807, 2.05) is 0 Å². The summed E-state index contributed by atoms with van der Waals surface area (Å²) < 4.78 is 0. The second kappa shape index (κ2) is 10.3. The molecule has 0 amide bonds. The summed E-state index contributed by atoms with van der Waals surface area (Å²) >= 11 is 0. The second-order valence-electron chi connectivity index (χ2n) is 4.64. The smallest absolute Gasteiger partial charge is 0.00771 e. The van der Waals surface area contributed by atoms with Crippen LogP contribution in [0.5, 0.6) is 0 Å². The van der Waals surface area contributed by atoms with Crippen LogP contribution in [0.25, 0.3) is 0 Å². The molecule has 2 N–H and O–H groups in total. The van der Waals surface area contributed by atoms with Gasteiger partial charge in [0.25, 0.3) is 0 Å². The first kappa shape index (κ1) is 16.2. The third-order valence-corrected chi connectivity index (χ3v) is 2.77. The molecule has 1 aromatic carbocycles. The molecule has 1 heteroatoms. The fraction of sp³-hybridized carbons (Fsp3) is 0.625. The van der Waals surface area contributed by atoms with Crippen LogP contribution in [0.3, 0.4) is 0 Å². The fourth-order valence-electron chi connectivity index (χ4n) is 1.71. The van der Waals surface area contributed by atoms with E-state index in [0.29, 0.717) is 5.92 Å². The third-order valence-electron chi connectivity index (χ3n) is 2.77. The molecular weight excluding hydrogens is 206 g/mol. The van der Waals surface area contributed by atoms with Gasteiger partial charge in [0.15, 0.2) is 0 Å². The summed E-state index contributed by atoms with van der Waals surface area (Å²) in [6.45, 7) is 9.53. The molecule has 0 spiro atoms. The Labute approximate surface area is 107 Å². The zero-order chi connectivity index (χ0) is 13.1. The van der Waals surface area contributed by atoms with Crippen LogP contribution in [-0.4, -0.2) is 6.54 Å². The molecule has 1 nitrogen and oxygen atoms in total. The minimum atomic E-state index is 0.644. The lowest BCUT2D eigenvalue weighted by Crippen LogP contribution is -2.02. The molecule has 98 valence electrons. The number of nitrogens with two attached hydrogens (primary N) is 1. The molecule has 1 rings (SSSR count). The molecule has 0 heterocycles.